The van der Waals surface area contributed by atoms with Gasteiger partial charge in [-0.15, -0.1) is 0 Å². The molecule has 0 bridgehead atoms. The summed E-state index contributed by atoms with van der Waals surface area (Å²) in [7, 11) is 0. The standard InChI is InChI=1S/C46H38O2/c1-43(2)29-15-11-9-13-23(29)35-31(43)19-17-25-37-41(47-39(25)35)27-21-34-28(22-33(27)45(37,5)6)42-38(46(34,7)8)26-18-20-32-36(40(26)48-42)24-14-10-12-16-30(24)44(32,3)4/h9-22H,1-8H3. The van der Waals surface area contributed by atoms with Gasteiger partial charge in [0.2, 0.25) is 0 Å². The van der Waals surface area contributed by atoms with Gasteiger partial charge in [-0.25, -0.2) is 0 Å². The highest BCUT2D eigenvalue weighted by molar-refractivity contribution is 6.07. The van der Waals surface area contributed by atoms with Crippen LogP contribution in [0.2, 0.25) is 0 Å². The molecule has 234 valence electrons. The van der Waals surface area contributed by atoms with Crippen LogP contribution in [0.25, 0.3) is 66.8 Å². The van der Waals surface area contributed by atoms with Crippen LogP contribution in [-0.4, -0.2) is 0 Å². The minimum absolute atomic E-state index is 0.0594. The van der Waals surface area contributed by atoms with Crippen LogP contribution in [0.3, 0.4) is 0 Å². The largest absolute Gasteiger partial charge is 0.455 e. The summed E-state index contributed by atoms with van der Waals surface area (Å²) in [6, 6.07) is 32.0. The van der Waals surface area contributed by atoms with E-state index in [0.717, 1.165) is 22.7 Å². The van der Waals surface area contributed by atoms with Crippen molar-refractivity contribution < 1.29 is 8.83 Å². The molecule has 0 saturated carbocycles. The van der Waals surface area contributed by atoms with Gasteiger partial charge in [-0.3, -0.25) is 0 Å². The second-order valence-electron chi connectivity index (χ2n) is 16.9. The average molecular weight is 623 g/mol. The lowest BCUT2D eigenvalue weighted by atomic mass is 9.77. The maximum Gasteiger partial charge on any atom is 0.143 e. The summed E-state index contributed by atoms with van der Waals surface area (Å²) in [5.41, 5.74) is 19.8. The summed E-state index contributed by atoms with van der Waals surface area (Å²) in [4.78, 5) is 0. The molecule has 0 spiro atoms. The molecule has 0 fully saturated rings. The van der Waals surface area contributed by atoms with E-state index in [-0.39, 0.29) is 21.7 Å². The third kappa shape index (κ3) is 2.76. The number of hydrogen-bond acceptors (Lipinski definition) is 2. The maximum atomic E-state index is 7.10. The van der Waals surface area contributed by atoms with E-state index >= 15 is 0 Å². The Hall–Kier alpha value is -4.82. The first-order valence-corrected chi connectivity index (χ1v) is 17.4. The van der Waals surface area contributed by atoms with Crippen molar-refractivity contribution in [3.8, 4) is 44.9 Å². The zero-order chi connectivity index (χ0) is 32.9. The summed E-state index contributed by atoms with van der Waals surface area (Å²) in [5, 5.41) is 2.47. The van der Waals surface area contributed by atoms with Gasteiger partial charge in [-0.2, -0.15) is 0 Å². The fraction of sp³-hybridized carbons (Fsp3) is 0.261. The van der Waals surface area contributed by atoms with Crippen molar-refractivity contribution in [2.45, 2.75) is 77.0 Å². The predicted octanol–water partition coefficient (Wildman–Crippen LogP) is 12.4. The lowest BCUT2D eigenvalue weighted by molar-refractivity contribution is 0.616. The topological polar surface area (TPSA) is 26.3 Å². The van der Waals surface area contributed by atoms with Crippen molar-refractivity contribution in [3.05, 3.63) is 129 Å². The molecule has 0 amide bonds. The normalized spacial score (nSPS) is 18.7. The van der Waals surface area contributed by atoms with Crippen molar-refractivity contribution in [3.63, 3.8) is 0 Å². The van der Waals surface area contributed by atoms with Gasteiger partial charge in [0, 0.05) is 65.8 Å². The Morgan fingerprint density at radius 2 is 0.771 bits per heavy atom. The Labute approximate surface area is 281 Å². The zero-order valence-electron chi connectivity index (χ0n) is 28.9. The molecule has 2 aromatic heterocycles. The summed E-state index contributed by atoms with van der Waals surface area (Å²) in [6.45, 7) is 18.8. The SMILES string of the molecule is CC1(C)c2ccccc2-c2c1ccc1c3c(oc21)-c1cc2c(cc1C3(C)C)-c1oc3c4c(ccc3c1C2(C)C)C(C)(C)c1ccccc1-4. The molecule has 2 heteroatoms. The first-order chi connectivity index (χ1) is 22.8. The van der Waals surface area contributed by atoms with E-state index in [1.807, 2.05) is 0 Å². The lowest BCUT2D eigenvalue weighted by Gasteiger charge is -2.25. The Morgan fingerprint density at radius 1 is 0.375 bits per heavy atom. The van der Waals surface area contributed by atoms with Crippen molar-refractivity contribution >= 4 is 21.9 Å². The van der Waals surface area contributed by atoms with Crippen LogP contribution >= 0.6 is 0 Å². The van der Waals surface area contributed by atoms with E-state index in [4.69, 9.17) is 8.83 Å². The van der Waals surface area contributed by atoms with Gasteiger partial charge in [0.25, 0.3) is 0 Å². The Kier molecular flexibility index (Phi) is 4.47. The second-order valence-corrected chi connectivity index (χ2v) is 16.9. The molecule has 2 heterocycles. The molecule has 0 atom stereocenters. The van der Waals surface area contributed by atoms with Crippen LogP contribution < -0.4 is 0 Å². The molecular weight excluding hydrogens is 585 g/mol. The lowest BCUT2D eigenvalue weighted by Crippen LogP contribution is -2.17. The molecule has 0 radical (unpaired) electrons. The average Bonchev–Trinajstić information content (AvgIpc) is 3.84. The molecule has 0 unspecified atom stereocenters. The van der Waals surface area contributed by atoms with Gasteiger partial charge in [0.1, 0.15) is 22.7 Å². The minimum atomic E-state index is -0.226. The first kappa shape index (κ1) is 27.2. The van der Waals surface area contributed by atoms with E-state index in [1.165, 1.54) is 88.7 Å². The quantitative estimate of drug-likeness (QED) is 0.168. The van der Waals surface area contributed by atoms with E-state index in [9.17, 15) is 0 Å². The van der Waals surface area contributed by atoms with Crippen molar-refractivity contribution in [2.75, 3.05) is 0 Å². The summed E-state index contributed by atoms with van der Waals surface area (Å²) < 4.78 is 14.2. The molecule has 11 rings (SSSR count). The minimum Gasteiger partial charge on any atom is -0.455 e. The van der Waals surface area contributed by atoms with Crippen molar-refractivity contribution in [2.24, 2.45) is 0 Å². The molecule has 48 heavy (non-hydrogen) atoms. The molecule has 2 nitrogen and oxygen atoms in total. The van der Waals surface area contributed by atoms with Gasteiger partial charge in [0.15, 0.2) is 0 Å². The van der Waals surface area contributed by atoms with Crippen molar-refractivity contribution in [1.29, 1.82) is 0 Å². The number of fused-ring (bicyclic) bond motifs is 18. The number of furan rings is 2. The molecule has 0 saturated heterocycles. The zero-order valence-corrected chi connectivity index (χ0v) is 28.9. The fourth-order valence-corrected chi connectivity index (χ4v) is 10.6. The molecular formula is C46H38O2. The van der Waals surface area contributed by atoms with Crippen LogP contribution in [-0.2, 0) is 21.7 Å². The van der Waals surface area contributed by atoms with Crippen LogP contribution in [0.4, 0.5) is 0 Å². The molecule has 4 aliphatic rings. The van der Waals surface area contributed by atoms with E-state index in [0.29, 0.717) is 0 Å². The number of benzene rings is 5. The van der Waals surface area contributed by atoms with Crippen LogP contribution in [0.15, 0.2) is 93.8 Å². The highest BCUT2D eigenvalue weighted by atomic mass is 16.3. The predicted molar refractivity (Wildman–Crippen MR) is 196 cm³/mol. The smallest absolute Gasteiger partial charge is 0.143 e. The van der Waals surface area contributed by atoms with E-state index in [2.05, 4.69) is 140 Å². The summed E-state index contributed by atoms with van der Waals surface area (Å²) >= 11 is 0. The highest BCUT2D eigenvalue weighted by Gasteiger charge is 2.48. The third-order valence-corrected chi connectivity index (χ3v) is 13.0. The number of hydrogen-bond donors (Lipinski definition) is 0. The Morgan fingerprint density at radius 3 is 1.19 bits per heavy atom. The fourth-order valence-electron chi connectivity index (χ4n) is 10.6. The van der Waals surface area contributed by atoms with Crippen LogP contribution in [0.5, 0.6) is 0 Å². The van der Waals surface area contributed by atoms with Gasteiger partial charge in [0.05, 0.1) is 0 Å². The molecule has 5 aromatic carbocycles. The number of rotatable bonds is 0. The van der Waals surface area contributed by atoms with E-state index in [1.54, 1.807) is 0 Å². The molecule has 0 aliphatic heterocycles. The molecule has 4 aliphatic carbocycles. The van der Waals surface area contributed by atoms with Crippen LogP contribution in [0, 0.1) is 0 Å². The third-order valence-electron chi connectivity index (χ3n) is 13.0. The highest BCUT2D eigenvalue weighted by Crippen LogP contribution is 2.62. The first-order valence-electron chi connectivity index (χ1n) is 17.4. The Bertz CT molecular complexity index is 2480. The van der Waals surface area contributed by atoms with E-state index < -0.39 is 0 Å². The van der Waals surface area contributed by atoms with Gasteiger partial charge in [-0.05, 0) is 56.6 Å². The maximum absolute atomic E-state index is 7.10. The van der Waals surface area contributed by atoms with Gasteiger partial charge < -0.3 is 8.83 Å². The summed E-state index contributed by atoms with van der Waals surface area (Å²) in [6.07, 6.45) is 0. The van der Waals surface area contributed by atoms with Gasteiger partial charge >= 0.3 is 0 Å². The monoisotopic (exact) mass is 622 g/mol. The second kappa shape index (κ2) is 7.90. The molecule has 0 N–H and O–H groups in total. The summed E-state index contributed by atoms with van der Waals surface area (Å²) in [5.74, 6) is 2.06. The molecule has 7 aromatic rings. The Balaban J connectivity index is 1.15. The van der Waals surface area contributed by atoms with Gasteiger partial charge in [-0.1, -0.05) is 128 Å². The van der Waals surface area contributed by atoms with Crippen LogP contribution in [0.1, 0.15) is 99.9 Å². The van der Waals surface area contributed by atoms with Crippen molar-refractivity contribution in [1.82, 2.24) is 0 Å².